The Morgan fingerprint density at radius 1 is 1.38 bits per heavy atom. The fraction of sp³-hybridized carbons (Fsp3) is 0.250. The van der Waals surface area contributed by atoms with Crippen LogP contribution < -0.4 is 4.52 Å². The number of para-hydroxylation sites is 1. The maximum Gasteiger partial charge on any atom is 1.00 e. The summed E-state index contributed by atoms with van der Waals surface area (Å²) in [5.74, 6) is 0.504. The molecule has 5 heteroatoms. The van der Waals surface area contributed by atoms with Gasteiger partial charge in [-0.25, -0.2) is 4.57 Å². The molecule has 1 N–H and O–H groups in total. The van der Waals surface area contributed by atoms with Gasteiger partial charge in [0.15, 0.2) is 0 Å². The van der Waals surface area contributed by atoms with Gasteiger partial charge >= 0.3 is 9.68 Å². The summed E-state index contributed by atoms with van der Waals surface area (Å²) in [4.78, 5) is 0. The Hall–Kier alpha value is -0.830. The van der Waals surface area contributed by atoms with Crippen LogP contribution in [0.25, 0.3) is 0 Å². The molecule has 1 aromatic carbocycles. The van der Waals surface area contributed by atoms with Gasteiger partial charge in [0.05, 0.1) is 13.2 Å². The van der Waals surface area contributed by atoms with Crippen LogP contribution in [0, 0.1) is 0 Å². The van der Waals surface area contributed by atoms with Gasteiger partial charge in [-0.15, -0.1) is 0 Å². The molecule has 0 aromatic heterocycles. The van der Waals surface area contributed by atoms with Crippen molar-refractivity contribution in [2.75, 3.05) is 13.2 Å². The lowest BCUT2D eigenvalue weighted by Crippen LogP contribution is -1.94. The number of hydrogen-bond donors (Lipinski definition) is 1. The Kier molecular flexibility index (Phi) is 4.54. The van der Waals surface area contributed by atoms with Crippen molar-refractivity contribution < 1.29 is 20.1 Å². The molecule has 1 rings (SSSR count). The quantitative estimate of drug-likeness (QED) is 0.738. The number of aliphatic hydroxyl groups excluding tert-OH is 1. The molecule has 0 aliphatic carbocycles. The highest BCUT2D eigenvalue weighted by atomic mass is 31.1. The smallest absolute Gasteiger partial charge is 0.426 e. The van der Waals surface area contributed by atoms with E-state index in [1.807, 2.05) is 6.07 Å². The Balaban J connectivity index is 0.00000169. The van der Waals surface area contributed by atoms with Gasteiger partial charge in [0.1, 0.15) is 5.75 Å². The summed E-state index contributed by atoms with van der Waals surface area (Å²) in [5.41, 5.74) is 0. The first kappa shape index (κ1) is 10.3. The summed E-state index contributed by atoms with van der Waals surface area (Å²) in [6.45, 7) is -0.126. The normalized spacial score (nSPS) is 12.4. The van der Waals surface area contributed by atoms with E-state index in [4.69, 9.17) is 9.63 Å². The molecule has 72 valence electrons. The number of aliphatic hydroxyl groups is 1. The zero-order valence-electron chi connectivity index (χ0n) is 7.97. The van der Waals surface area contributed by atoms with Crippen LogP contribution in [-0.2, 0) is 9.09 Å². The minimum atomic E-state index is -2.51. The van der Waals surface area contributed by atoms with Gasteiger partial charge in [-0.2, -0.15) is 0 Å². The van der Waals surface area contributed by atoms with E-state index in [0.717, 1.165) is 0 Å². The molecule has 0 aliphatic heterocycles. The molecule has 0 bridgehead atoms. The maximum atomic E-state index is 11.0. The third-order valence-electron chi connectivity index (χ3n) is 1.26. The minimum absolute atomic E-state index is 0. The van der Waals surface area contributed by atoms with E-state index in [2.05, 4.69) is 4.52 Å². The minimum Gasteiger partial charge on any atom is -0.426 e. The fourth-order valence-electron chi connectivity index (χ4n) is 0.743. The van der Waals surface area contributed by atoms with Gasteiger partial charge < -0.3 is 9.63 Å². The van der Waals surface area contributed by atoms with Gasteiger partial charge in [0, 0.05) is 0 Å². The van der Waals surface area contributed by atoms with E-state index in [-0.39, 0.29) is 14.6 Å². The van der Waals surface area contributed by atoms with Crippen molar-refractivity contribution in [3.05, 3.63) is 30.3 Å². The van der Waals surface area contributed by atoms with E-state index < -0.39 is 8.25 Å². The monoisotopic (exact) mass is 203 g/mol. The Morgan fingerprint density at radius 3 is 2.69 bits per heavy atom. The molecule has 4 nitrogen and oxygen atoms in total. The second-order valence-corrected chi connectivity index (χ2v) is 3.23. The van der Waals surface area contributed by atoms with Gasteiger partial charge in [0.25, 0.3) is 0 Å². The lowest BCUT2D eigenvalue weighted by molar-refractivity contribution is 0.195. The predicted molar refractivity (Wildman–Crippen MR) is 50.2 cm³/mol. The van der Waals surface area contributed by atoms with E-state index >= 15 is 0 Å². The molecule has 0 fully saturated rings. The second-order valence-electron chi connectivity index (χ2n) is 2.24. The zero-order chi connectivity index (χ0) is 9.52. The lowest BCUT2D eigenvalue weighted by atomic mass is 10.3. The molecule has 0 heterocycles. The molecule has 0 saturated carbocycles. The Labute approximate surface area is 78.5 Å². The van der Waals surface area contributed by atoms with Crippen LogP contribution in [0.5, 0.6) is 5.75 Å². The summed E-state index contributed by atoms with van der Waals surface area (Å²) in [5, 5.41) is 8.38. The van der Waals surface area contributed by atoms with Crippen LogP contribution in [0.4, 0.5) is 0 Å². The van der Waals surface area contributed by atoms with Crippen LogP contribution in [0.15, 0.2) is 30.3 Å². The van der Waals surface area contributed by atoms with Crippen LogP contribution in [0.2, 0.25) is 0 Å². The average Bonchev–Trinajstić information content (AvgIpc) is 2.16. The molecular formula is C8H12O4P+. The van der Waals surface area contributed by atoms with Gasteiger partial charge in [-0.3, -0.25) is 4.52 Å². The summed E-state index contributed by atoms with van der Waals surface area (Å²) in [6.07, 6.45) is 0. The number of hydrogen-bond acceptors (Lipinski definition) is 4. The molecule has 0 amide bonds. The predicted octanol–water partition coefficient (Wildman–Crippen LogP) is 1.58. The molecule has 13 heavy (non-hydrogen) atoms. The van der Waals surface area contributed by atoms with E-state index in [9.17, 15) is 4.57 Å². The molecule has 0 saturated heterocycles. The molecule has 0 spiro atoms. The molecule has 1 atom stereocenters. The van der Waals surface area contributed by atoms with E-state index in [1.165, 1.54) is 0 Å². The Morgan fingerprint density at radius 2 is 2.08 bits per heavy atom. The summed E-state index contributed by atoms with van der Waals surface area (Å²) < 4.78 is 20.6. The summed E-state index contributed by atoms with van der Waals surface area (Å²) >= 11 is 0. The molecular weight excluding hydrogens is 191 g/mol. The molecule has 0 aliphatic rings. The van der Waals surface area contributed by atoms with Crippen LogP contribution in [0.3, 0.4) is 0 Å². The average molecular weight is 203 g/mol. The molecule has 1 unspecified atom stereocenters. The zero-order valence-corrected chi connectivity index (χ0v) is 7.97. The van der Waals surface area contributed by atoms with Crippen molar-refractivity contribution in [3.8, 4) is 5.75 Å². The topological polar surface area (TPSA) is 55.8 Å². The van der Waals surface area contributed by atoms with Crippen LogP contribution in [-0.4, -0.2) is 18.3 Å². The van der Waals surface area contributed by atoms with Crippen molar-refractivity contribution >= 4 is 8.25 Å². The second kappa shape index (κ2) is 5.75. The first-order valence-electron chi connectivity index (χ1n) is 3.83. The molecule has 0 radical (unpaired) electrons. The van der Waals surface area contributed by atoms with Crippen LogP contribution in [0.1, 0.15) is 1.43 Å². The van der Waals surface area contributed by atoms with Gasteiger partial charge in [0.2, 0.25) is 0 Å². The standard InChI is InChI=1S/C8H11O4P/c9-6-7-11-13(10)12-8-4-2-1-3-5-8/h1-5,9,13H,6-7H2/p+1. The maximum absolute atomic E-state index is 11.0. The van der Waals surface area contributed by atoms with Crippen molar-refractivity contribution in [1.29, 1.82) is 0 Å². The van der Waals surface area contributed by atoms with Crippen molar-refractivity contribution in [1.82, 2.24) is 0 Å². The first-order valence-corrected chi connectivity index (χ1v) is 5.06. The van der Waals surface area contributed by atoms with Crippen molar-refractivity contribution in [2.24, 2.45) is 0 Å². The Bertz CT molecular complexity index is 267. The van der Waals surface area contributed by atoms with Gasteiger partial charge in [-0.05, 0) is 12.1 Å². The largest absolute Gasteiger partial charge is 1.00 e. The summed E-state index contributed by atoms with van der Waals surface area (Å²) in [6, 6.07) is 8.75. The number of rotatable bonds is 5. The van der Waals surface area contributed by atoms with Crippen LogP contribution >= 0.6 is 8.25 Å². The summed E-state index contributed by atoms with van der Waals surface area (Å²) in [7, 11) is -2.51. The fourth-order valence-corrected chi connectivity index (χ4v) is 1.39. The number of benzene rings is 1. The highest BCUT2D eigenvalue weighted by Gasteiger charge is 1.99. The third kappa shape index (κ3) is 4.08. The highest BCUT2D eigenvalue weighted by molar-refractivity contribution is 7.33. The van der Waals surface area contributed by atoms with Gasteiger partial charge in [-0.1, -0.05) is 18.2 Å². The SMILES string of the molecule is O=[PH](OCCO)Oc1ccccc1.[H+]. The highest BCUT2D eigenvalue weighted by Crippen LogP contribution is 2.26. The van der Waals surface area contributed by atoms with Crippen molar-refractivity contribution in [2.45, 2.75) is 0 Å². The lowest BCUT2D eigenvalue weighted by Gasteiger charge is -2.04. The van der Waals surface area contributed by atoms with Crippen molar-refractivity contribution in [3.63, 3.8) is 0 Å². The van der Waals surface area contributed by atoms with E-state index in [1.54, 1.807) is 24.3 Å². The van der Waals surface area contributed by atoms with E-state index in [0.29, 0.717) is 5.75 Å². The third-order valence-corrected chi connectivity index (χ3v) is 2.10. The molecule has 1 aromatic rings. The first-order chi connectivity index (χ1) is 6.33.